The average molecular weight is 505 g/mol. The molecule has 0 saturated heterocycles. The molecular weight excluding hydrogens is 464 g/mol. The van der Waals surface area contributed by atoms with E-state index >= 15 is 0 Å². The van der Waals surface area contributed by atoms with E-state index in [1.165, 1.54) is 25.7 Å². The number of alkyl carbamates (subject to hydrolysis) is 1. The SMILES string of the molecule is CC1CCCCC1OC(=O)NC[C@@H](C1CCCCC1)N1Cc2cc(Oc3ccccc3)ccc2N=C1N. The fraction of sp³-hybridized carbons (Fsp3) is 0.533. The lowest BCUT2D eigenvalue weighted by Gasteiger charge is -2.41. The van der Waals surface area contributed by atoms with E-state index in [2.05, 4.69) is 23.2 Å². The highest BCUT2D eigenvalue weighted by Crippen LogP contribution is 2.35. The molecule has 198 valence electrons. The van der Waals surface area contributed by atoms with E-state index in [1.807, 2.05) is 42.5 Å². The van der Waals surface area contributed by atoms with Crippen LogP contribution in [0.25, 0.3) is 0 Å². The second kappa shape index (κ2) is 11.9. The number of hydrogen-bond acceptors (Lipinski definition) is 6. The lowest BCUT2D eigenvalue weighted by Crippen LogP contribution is -2.54. The quantitative estimate of drug-likeness (QED) is 0.450. The molecule has 2 saturated carbocycles. The van der Waals surface area contributed by atoms with Crippen LogP contribution in [0.4, 0.5) is 10.5 Å². The number of guanidine groups is 1. The molecule has 2 aromatic carbocycles. The van der Waals surface area contributed by atoms with Crippen molar-refractivity contribution in [3.05, 3.63) is 54.1 Å². The van der Waals surface area contributed by atoms with Gasteiger partial charge >= 0.3 is 6.09 Å². The molecule has 2 aromatic rings. The molecule has 1 amide bonds. The standard InChI is InChI=1S/C30H40N4O3/c1-21-10-8-9-15-28(21)37-30(35)32-19-27(22-11-4-2-5-12-22)34-20-23-18-25(16-17-26(23)33-29(34)31)36-24-13-6-3-7-14-24/h3,6-7,13-14,16-18,21-22,27-28H,2,4-5,8-12,15,19-20H2,1H3,(H2,31,33)(H,32,35)/t21?,27-,28?/m0/s1. The third kappa shape index (κ3) is 6.38. The van der Waals surface area contributed by atoms with Gasteiger partial charge in [-0.05, 0) is 74.3 Å². The first-order valence-electron chi connectivity index (χ1n) is 14.0. The van der Waals surface area contributed by atoms with Crippen molar-refractivity contribution in [2.24, 2.45) is 22.6 Å². The van der Waals surface area contributed by atoms with E-state index in [9.17, 15) is 4.79 Å². The first-order valence-corrected chi connectivity index (χ1v) is 14.0. The number of benzene rings is 2. The van der Waals surface area contributed by atoms with Gasteiger partial charge in [0.2, 0.25) is 0 Å². The number of fused-ring (bicyclic) bond motifs is 1. The summed E-state index contributed by atoms with van der Waals surface area (Å²) >= 11 is 0. The third-order valence-electron chi connectivity index (χ3n) is 8.24. The van der Waals surface area contributed by atoms with Gasteiger partial charge in [0.15, 0.2) is 5.96 Å². The maximum Gasteiger partial charge on any atom is 0.407 e. The summed E-state index contributed by atoms with van der Waals surface area (Å²) < 4.78 is 11.9. The molecule has 5 rings (SSSR count). The Labute approximate surface area is 220 Å². The van der Waals surface area contributed by atoms with Gasteiger partial charge in [-0.25, -0.2) is 9.79 Å². The Morgan fingerprint density at radius 1 is 1.03 bits per heavy atom. The first-order chi connectivity index (χ1) is 18.1. The fourth-order valence-corrected chi connectivity index (χ4v) is 6.10. The molecular formula is C30H40N4O3. The van der Waals surface area contributed by atoms with Crippen molar-refractivity contribution in [1.29, 1.82) is 0 Å². The summed E-state index contributed by atoms with van der Waals surface area (Å²) in [5.74, 6) is 2.95. The summed E-state index contributed by atoms with van der Waals surface area (Å²) in [5, 5.41) is 3.10. The van der Waals surface area contributed by atoms with Gasteiger partial charge < -0.3 is 25.4 Å². The Kier molecular flexibility index (Phi) is 8.17. The number of hydrogen-bond donors (Lipinski definition) is 2. The Morgan fingerprint density at radius 2 is 1.78 bits per heavy atom. The Bertz CT molecular complexity index is 1080. The molecule has 0 spiro atoms. The number of aliphatic imine (C=N–C) groups is 1. The number of amides is 1. The average Bonchev–Trinajstić information content (AvgIpc) is 2.92. The number of ether oxygens (including phenoxy) is 2. The van der Waals surface area contributed by atoms with Gasteiger partial charge in [-0.15, -0.1) is 0 Å². The van der Waals surface area contributed by atoms with Gasteiger partial charge in [-0.2, -0.15) is 0 Å². The number of nitrogens with one attached hydrogen (secondary N) is 1. The number of carbonyl (C=O) groups is 1. The summed E-state index contributed by atoms with van der Waals surface area (Å²) in [6.07, 6.45) is 10.1. The second-order valence-corrected chi connectivity index (χ2v) is 10.9. The number of nitrogens with zero attached hydrogens (tertiary/aromatic N) is 2. The Hall–Kier alpha value is -3.22. The van der Waals surface area contributed by atoms with Crippen molar-refractivity contribution in [1.82, 2.24) is 10.2 Å². The Morgan fingerprint density at radius 3 is 2.57 bits per heavy atom. The molecule has 2 fully saturated rings. The maximum absolute atomic E-state index is 12.8. The molecule has 0 aromatic heterocycles. The van der Waals surface area contributed by atoms with Gasteiger partial charge in [0.05, 0.1) is 11.7 Å². The highest BCUT2D eigenvalue weighted by molar-refractivity contribution is 5.84. The van der Waals surface area contributed by atoms with E-state index in [-0.39, 0.29) is 18.2 Å². The minimum Gasteiger partial charge on any atom is -0.457 e. The van der Waals surface area contributed by atoms with Crippen molar-refractivity contribution in [2.45, 2.75) is 83.4 Å². The summed E-state index contributed by atoms with van der Waals surface area (Å²) in [6, 6.07) is 15.8. The van der Waals surface area contributed by atoms with Crippen molar-refractivity contribution in [2.75, 3.05) is 6.54 Å². The van der Waals surface area contributed by atoms with E-state index in [1.54, 1.807) is 0 Å². The van der Waals surface area contributed by atoms with Crippen LogP contribution in [0.5, 0.6) is 11.5 Å². The normalized spacial score (nSPS) is 22.9. The van der Waals surface area contributed by atoms with Crippen molar-refractivity contribution in [3.8, 4) is 11.5 Å². The zero-order chi connectivity index (χ0) is 25.6. The topological polar surface area (TPSA) is 89.2 Å². The molecule has 1 aliphatic heterocycles. The van der Waals surface area contributed by atoms with Gasteiger partial charge in [-0.3, -0.25) is 0 Å². The van der Waals surface area contributed by atoms with Crippen molar-refractivity contribution in [3.63, 3.8) is 0 Å². The second-order valence-electron chi connectivity index (χ2n) is 10.9. The predicted molar refractivity (Wildman–Crippen MR) is 146 cm³/mol. The number of para-hydroxylation sites is 1. The van der Waals surface area contributed by atoms with Crippen LogP contribution in [0.15, 0.2) is 53.5 Å². The van der Waals surface area contributed by atoms with Crippen LogP contribution in [0.3, 0.4) is 0 Å². The molecule has 1 heterocycles. The molecule has 3 aliphatic rings. The highest BCUT2D eigenvalue weighted by Gasteiger charge is 2.33. The maximum atomic E-state index is 12.8. The molecule has 0 radical (unpaired) electrons. The molecule has 3 atom stereocenters. The Balaban J connectivity index is 1.29. The fourth-order valence-electron chi connectivity index (χ4n) is 6.10. The lowest BCUT2D eigenvalue weighted by molar-refractivity contribution is 0.0414. The van der Waals surface area contributed by atoms with Gasteiger partial charge in [0.25, 0.3) is 0 Å². The number of carbonyl (C=O) groups excluding carboxylic acids is 1. The number of rotatable bonds is 7. The molecule has 7 heteroatoms. The number of nitrogens with two attached hydrogens (primary N) is 1. The zero-order valence-electron chi connectivity index (χ0n) is 21.9. The van der Waals surface area contributed by atoms with Crippen LogP contribution in [-0.2, 0) is 11.3 Å². The van der Waals surface area contributed by atoms with E-state index in [4.69, 9.17) is 20.2 Å². The van der Waals surface area contributed by atoms with E-state index in [0.717, 1.165) is 54.9 Å². The van der Waals surface area contributed by atoms with Crippen LogP contribution in [0.2, 0.25) is 0 Å². The first kappa shape index (κ1) is 25.4. The molecule has 0 bridgehead atoms. The van der Waals surface area contributed by atoms with Gasteiger partial charge in [0, 0.05) is 18.7 Å². The van der Waals surface area contributed by atoms with Crippen molar-refractivity contribution < 1.29 is 14.3 Å². The molecule has 37 heavy (non-hydrogen) atoms. The summed E-state index contributed by atoms with van der Waals surface area (Å²) in [7, 11) is 0. The molecule has 2 unspecified atom stereocenters. The molecule has 3 N–H and O–H groups in total. The van der Waals surface area contributed by atoms with Crippen LogP contribution >= 0.6 is 0 Å². The van der Waals surface area contributed by atoms with Crippen molar-refractivity contribution >= 4 is 17.7 Å². The van der Waals surface area contributed by atoms with Crippen LogP contribution in [-0.4, -0.2) is 35.6 Å². The van der Waals surface area contributed by atoms with Gasteiger partial charge in [0.1, 0.15) is 17.6 Å². The third-order valence-corrected chi connectivity index (χ3v) is 8.24. The minimum atomic E-state index is -0.314. The van der Waals surface area contributed by atoms with E-state index < -0.39 is 0 Å². The van der Waals surface area contributed by atoms with Crippen LogP contribution in [0.1, 0.15) is 70.3 Å². The predicted octanol–water partition coefficient (Wildman–Crippen LogP) is 6.49. The lowest BCUT2D eigenvalue weighted by atomic mass is 9.83. The van der Waals surface area contributed by atoms with Crippen LogP contribution in [0, 0.1) is 11.8 Å². The molecule has 7 nitrogen and oxygen atoms in total. The van der Waals surface area contributed by atoms with E-state index in [0.29, 0.717) is 30.9 Å². The summed E-state index contributed by atoms with van der Waals surface area (Å²) in [5.41, 5.74) is 8.48. The highest BCUT2D eigenvalue weighted by atomic mass is 16.6. The summed E-state index contributed by atoms with van der Waals surface area (Å²) in [6.45, 7) is 3.31. The molecule has 2 aliphatic carbocycles. The smallest absolute Gasteiger partial charge is 0.407 e. The minimum absolute atomic E-state index is 0.0124. The van der Waals surface area contributed by atoms with Gasteiger partial charge in [-0.1, -0.05) is 50.8 Å². The largest absolute Gasteiger partial charge is 0.457 e. The van der Waals surface area contributed by atoms with Crippen LogP contribution < -0.4 is 15.8 Å². The monoisotopic (exact) mass is 504 g/mol. The summed E-state index contributed by atoms with van der Waals surface area (Å²) in [4.78, 5) is 19.7. The zero-order valence-corrected chi connectivity index (χ0v) is 21.9.